The lowest BCUT2D eigenvalue weighted by Gasteiger charge is -2.36. The van der Waals surface area contributed by atoms with Gasteiger partial charge in [0, 0.05) is 18.8 Å². The Morgan fingerprint density at radius 1 is 1.42 bits per heavy atom. The highest BCUT2D eigenvalue weighted by atomic mass is 16.5. The van der Waals surface area contributed by atoms with Crippen molar-refractivity contribution < 1.29 is 9.84 Å². The number of pyridine rings is 1. The first-order chi connectivity index (χ1) is 9.08. The smallest absolute Gasteiger partial charge is 0.104 e. The molecule has 0 radical (unpaired) electrons. The van der Waals surface area contributed by atoms with Gasteiger partial charge >= 0.3 is 0 Å². The van der Waals surface area contributed by atoms with Gasteiger partial charge in [-0.05, 0) is 30.9 Å². The van der Waals surface area contributed by atoms with Crippen molar-refractivity contribution in [2.24, 2.45) is 0 Å². The van der Waals surface area contributed by atoms with Crippen molar-refractivity contribution in [1.82, 2.24) is 4.98 Å². The van der Waals surface area contributed by atoms with Crippen LogP contribution in [0.25, 0.3) is 0 Å². The second-order valence-electron chi connectivity index (χ2n) is 6.00. The maximum Gasteiger partial charge on any atom is 0.104 e. The van der Waals surface area contributed by atoms with Gasteiger partial charge in [-0.15, -0.1) is 0 Å². The van der Waals surface area contributed by atoms with E-state index in [0.717, 1.165) is 37.3 Å². The molecule has 2 aliphatic rings. The number of anilines is 1. The molecule has 1 aromatic heterocycles. The van der Waals surface area contributed by atoms with Gasteiger partial charge < -0.3 is 14.7 Å². The molecule has 0 unspecified atom stereocenters. The van der Waals surface area contributed by atoms with E-state index in [0.29, 0.717) is 12.5 Å². The highest BCUT2D eigenvalue weighted by Gasteiger charge is 2.50. The Morgan fingerprint density at radius 3 is 2.79 bits per heavy atom. The molecule has 0 spiro atoms. The first-order valence-electron chi connectivity index (χ1n) is 7.13. The molecule has 0 aromatic carbocycles. The Morgan fingerprint density at radius 2 is 2.21 bits per heavy atom. The maximum atomic E-state index is 10.2. The second-order valence-corrected chi connectivity index (χ2v) is 6.00. The third-order valence-corrected chi connectivity index (χ3v) is 4.16. The van der Waals surface area contributed by atoms with Crippen LogP contribution in [-0.2, 0) is 4.74 Å². The Labute approximate surface area is 114 Å². The number of aromatic nitrogens is 1. The van der Waals surface area contributed by atoms with Crippen LogP contribution < -0.4 is 4.90 Å². The standard InChI is InChI=1S/C15H22N2O2/c1-11(2)13-4-3-12(9-16-13)17-7-8-19-14(10-17)15(18)5-6-15/h3-4,9,11,14,18H,5-8,10H2,1-2H3/t14-/m0/s1. The molecule has 4 heteroatoms. The number of ether oxygens (including phenoxy) is 1. The average Bonchev–Trinajstić information content (AvgIpc) is 3.18. The maximum absolute atomic E-state index is 10.2. The summed E-state index contributed by atoms with van der Waals surface area (Å²) in [5.74, 6) is 0.457. The quantitative estimate of drug-likeness (QED) is 0.904. The molecule has 1 aromatic rings. The molecule has 2 heterocycles. The molecule has 19 heavy (non-hydrogen) atoms. The summed E-state index contributed by atoms with van der Waals surface area (Å²) < 4.78 is 5.71. The molecule has 1 aliphatic carbocycles. The topological polar surface area (TPSA) is 45.6 Å². The van der Waals surface area contributed by atoms with Crippen LogP contribution in [0.1, 0.15) is 38.3 Å². The SMILES string of the molecule is CC(C)c1ccc(N2CCO[C@H](C3(O)CC3)C2)cn1. The van der Waals surface area contributed by atoms with Gasteiger partial charge in [-0.3, -0.25) is 4.98 Å². The van der Waals surface area contributed by atoms with Crippen LogP contribution in [0.2, 0.25) is 0 Å². The van der Waals surface area contributed by atoms with Gasteiger partial charge in [0.2, 0.25) is 0 Å². The van der Waals surface area contributed by atoms with Crippen molar-refractivity contribution in [1.29, 1.82) is 0 Å². The molecule has 1 saturated carbocycles. The lowest BCUT2D eigenvalue weighted by molar-refractivity contribution is -0.0586. The van der Waals surface area contributed by atoms with E-state index >= 15 is 0 Å². The van der Waals surface area contributed by atoms with Crippen LogP contribution in [0.4, 0.5) is 5.69 Å². The summed E-state index contributed by atoms with van der Waals surface area (Å²) in [6, 6.07) is 4.22. The molecule has 1 N–H and O–H groups in total. The Hall–Kier alpha value is -1.13. The van der Waals surface area contributed by atoms with E-state index < -0.39 is 5.60 Å². The molecule has 0 amide bonds. The van der Waals surface area contributed by atoms with Gasteiger partial charge in [-0.25, -0.2) is 0 Å². The highest BCUT2D eigenvalue weighted by Crippen LogP contribution is 2.41. The van der Waals surface area contributed by atoms with Crippen molar-refractivity contribution in [2.75, 3.05) is 24.6 Å². The van der Waals surface area contributed by atoms with Gasteiger partial charge in [-0.1, -0.05) is 13.8 Å². The fourth-order valence-electron chi connectivity index (χ4n) is 2.58. The zero-order chi connectivity index (χ0) is 13.5. The van der Waals surface area contributed by atoms with E-state index in [1.165, 1.54) is 0 Å². The van der Waals surface area contributed by atoms with Crippen molar-refractivity contribution in [3.05, 3.63) is 24.0 Å². The molecule has 1 aliphatic heterocycles. The Kier molecular flexibility index (Phi) is 3.23. The van der Waals surface area contributed by atoms with E-state index in [-0.39, 0.29) is 6.10 Å². The second kappa shape index (κ2) is 4.76. The normalized spacial score (nSPS) is 25.7. The van der Waals surface area contributed by atoms with Crippen LogP contribution in [0.3, 0.4) is 0 Å². The van der Waals surface area contributed by atoms with Crippen LogP contribution in [0, 0.1) is 0 Å². The van der Waals surface area contributed by atoms with E-state index in [1.807, 2.05) is 6.20 Å². The Balaban J connectivity index is 1.71. The van der Waals surface area contributed by atoms with Gasteiger partial charge in [0.1, 0.15) is 6.10 Å². The third kappa shape index (κ3) is 2.60. The summed E-state index contributed by atoms with van der Waals surface area (Å²) in [5, 5.41) is 10.2. The van der Waals surface area contributed by atoms with Crippen LogP contribution in [0.15, 0.2) is 18.3 Å². The van der Waals surface area contributed by atoms with Crippen molar-refractivity contribution in [3.63, 3.8) is 0 Å². The number of aliphatic hydroxyl groups is 1. The number of nitrogens with zero attached hydrogens (tertiary/aromatic N) is 2. The lowest BCUT2D eigenvalue weighted by Crippen LogP contribution is -2.49. The number of morpholine rings is 1. The van der Waals surface area contributed by atoms with Gasteiger partial charge in [0.15, 0.2) is 0 Å². The average molecular weight is 262 g/mol. The van der Waals surface area contributed by atoms with Crippen molar-refractivity contribution in [2.45, 2.75) is 44.3 Å². The monoisotopic (exact) mass is 262 g/mol. The van der Waals surface area contributed by atoms with Crippen LogP contribution >= 0.6 is 0 Å². The van der Waals surface area contributed by atoms with Crippen LogP contribution in [-0.4, -0.2) is 41.5 Å². The first-order valence-corrected chi connectivity index (χ1v) is 7.13. The number of hydrogen-bond donors (Lipinski definition) is 1. The third-order valence-electron chi connectivity index (χ3n) is 4.16. The minimum Gasteiger partial charge on any atom is -0.387 e. The van der Waals surface area contributed by atoms with Gasteiger partial charge in [0.25, 0.3) is 0 Å². The molecule has 4 nitrogen and oxygen atoms in total. The summed E-state index contributed by atoms with van der Waals surface area (Å²) in [6.45, 7) is 6.61. The van der Waals surface area contributed by atoms with Crippen LogP contribution in [0.5, 0.6) is 0 Å². The largest absolute Gasteiger partial charge is 0.387 e. The van der Waals surface area contributed by atoms with E-state index in [4.69, 9.17) is 4.74 Å². The molecular weight excluding hydrogens is 240 g/mol. The number of rotatable bonds is 3. The van der Waals surface area contributed by atoms with E-state index in [1.54, 1.807) is 0 Å². The van der Waals surface area contributed by atoms with Gasteiger partial charge in [0.05, 0.1) is 24.1 Å². The van der Waals surface area contributed by atoms with E-state index in [2.05, 4.69) is 35.9 Å². The molecule has 104 valence electrons. The predicted molar refractivity (Wildman–Crippen MR) is 74.5 cm³/mol. The summed E-state index contributed by atoms with van der Waals surface area (Å²) >= 11 is 0. The fourth-order valence-corrected chi connectivity index (χ4v) is 2.58. The van der Waals surface area contributed by atoms with Crippen molar-refractivity contribution >= 4 is 5.69 Å². The number of hydrogen-bond acceptors (Lipinski definition) is 4. The van der Waals surface area contributed by atoms with Crippen molar-refractivity contribution in [3.8, 4) is 0 Å². The zero-order valence-corrected chi connectivity index (χ0v) is 11.7. The summed E-state index contributed by atoms with van der Waals surface area (Å²) in [6.07, 6.45) is 3.63. The molecule has 2 fully saturated rings. The van der Waals surface area contributed by atoms with E-state index in [9.17, 15) is 5.11 Å². The minimum absolute atomic E-state index is 0.0500. The molecular formula is C15H22N2O2. The Bertz CT molecular complexity index is 440. The summed E-state index contributed by atoms with van der Waals surface area (Å²) in [5.41, 5.74) is 1.68. The summed E-state index contributed by atoms with van der Waals surface area (Å²) in [7, 11) is 0. The predicted octanol–water partition coefficient (Wildman–Crippen LogP) is 1.94. The molecule has 1 saturated heterocycles. The molecule has 3 rings (SSSR count). The molecule has 1 atom stereocenters. The zero-order valence-electron chi connectivity index (χ0n) is 11.7. The minimum atomic E-state index is -0.566. The van der Waals surface area contributed by atoms with Gasteiger partial charge in [-0.2, -0.15) is 0 Å². The highest BCUT2D eigenvalue weighted by molar-refractivity contribution is 5.45. The first kappa shape index (κ1) is 12.9. The lowest BCUT2D eigenvalue weighted by atomic mass is 10.1. The summed E-state index contributed by atoms with van der Waals surface area (Å²) in [4.78, 5) is 6.78. The fraction of sp³-hybridized carbons (Fsp3) is 0.667. The molecule has 0 bridgehead atoms.